The molecule has 0 bridgehead atoms. The van der Waals surface area contributed by atoms with Crippen LogP contribution < -0.4 is 15.5 Å². The van der Waals surface area contributed by atoms with Gasteiger partial charge in [-0.3, -0.25) is 0 Å². The van der Waals surface area contributed by atoms with Crippen LogP contribution in [-0.2, 0) is 0 Å². The van der Waals surface area contributed by atoms with E-state index in [1.165, 1.54) is 10.8 Å². The van der Waals surface area contributed by atoms with Crippen molar-refractivity contribution in [3.8, 4) is 0 Å². The Hall–Kier alpha value is -2.82. The molecule has 122 valence electrons. The van der Waals surface area contributed by atoms with E-state index in [-0.39, 0.29) is 0 Å². The summed E-state index contributed by atoms with van der Waals surface area (Å²) in [6, 6.07) is 14.4. The first-order valence-corrected chi connectivity index (χ1v) is 8.30. The third-order valence-corrected chi connectivity index (χ3v) is 4.74. The van der Waals surface area contributed by atoms with Gasteiger partial charge < -0.3 is 15.5 Å². The van der Waals surface area contributed by atoms with Crippen molar-refractivity contribution in [2.24, 2.45) is 0 Å². The summed E-state index contributed by atoms with van der Waals surface area (Å²) in [4.78, 5) is 13.8. The van der Waals surface area contributed by atoms with Crippen LogP contribution >= 0.6 is 0 Å². The van der Waals surface area contributed by atoms with Gasteiger partial charge in [0.25, 0.3) is 0 Å². The smallest absolute Gasteiger partial charge is 0.139 e. The molecular formula is C19H21N5. The molecule has 1 aliphatic heterocycles. The van der Waals surface area contributed by atoms with E-state index in [4.69, 9.17) is 10.7 Å². The fourth-order valence-electron chi connectivity index (χ4n) is 3.33. The van der Waals surface area contributed by atoms with Crippen molar-refractivity contribution in [3.05, 3.63) is 54.2 Å². The van der Waals surface area contributed by atoms with E-state index in [0.717, 1.165) is 43.4 Å². The summed E-state index contributed by atoms with van der Waals surface area (Å²) in [5.41, 5.74) is 7.21. The van der Waals surface area contributed by atoms with Gasteiger partial charge in [-0.05, 0) is 30.0 Å². The van der Waals surface area contributed by atoms with Gasteiger partial charge in [-0.15, -0.1) is 0 Å². The minimum atomic E-state index is 0.621. The Labute approximate surface area is 141 Å². The standard InChI is InChI=1S/C19H21N5/c1-14-15-6-2-3-7-16(15)19(22-18(14)20)24-12-10-23(11-13-24)17-8-4-5-9-21-17/h2-9H,10-13H2,1H3,(H2,20,22). The highest BCUT2D eigenvalue weighted by Crippen LogP contribution is 2.31. The summed E-state index contributed by atoms with van der Waals surface area (Å²) in [5, 5.41) is 2.36. The van der Waals surface area contributed by atoms with Crippen LogP contribution in [0.25, 0.3) is 10.8 Å². The van der Waals surface area contributed by atoms with Crippen molar-refractivity contribution in [1.29, 1.82) is 0 Å². The molecular weight excluding hydrogens is 298 g/mol. The predicted molar refractivity (Wildman–Crippen MR) is 99.6 cm³/mol. The normalized spacial score (nSPS) is 15.0. The van der Waals surface area contributed by atoms with Crippen molar-refractivity contribution in [1.82, 2.24) is 9.97 Å². The molecule has 2 aromatic heterocycles. The molecule has 1 aromatic carbocycles. The maximum Gasteiger partial charge on any atom is 0.139 e. The number of benzene rings is 1. The maximum atomic E-state index is 6.15. The van der Waals surface area contributed by atoms with Gasteiger partial charge in [0.1, 0.15) is 17.5 Å². The van der Waals surface area contributed by atoms with Crippen LogP contribution in [0.4, 0.5) is 17.5 Å². The lowest BCUT2D eigenvalue weighted by molar-refractivity contribution is 0.644. The second kappa shape index (κ2) is 6.00. The lowest BCUT2D eigenvalue weighted by Crippen LogP contribution is -2.47. The summed E-state index contributed by atoms with van der Waals surface area (Å²) in [5.74, 6) is 2.66. The van der Waals surface area contributed by atoms with Crippen LogP contribution in [0.2, 0.25) is 0 Å². The maximum absolute atomic E-state index is 6.15. The number of aryl methyl sites for hydroxylation is 1. The highest BCUT2D eigenvalue weighted by atomic mass is 15.3. The predicted octanol–water partition coefficient (Wildman–Crippen LogP) is 2.85. The molecule has 5 nitrogen and oxygen atoms in total. The van der Waals surface area contributed by atoms with E-state index in [9.17, 15) is 0 Å². The number of hydrogen-bond acceptors (Lipinski definition) is 5. The largest absolute Gasteiger partial charge is 0.383 e. The zero-order chi connectivity index (χ0) is 16.5. The summed E-state index contributed by atoms with van der Waals surface area (Å²) in [7, 11) is 0. The number of fused-ring (bicyclic) bond motifs is 1. The van der Waals surface area contributed by atoms with E-state index < -0.39 is 0 Å². The molecule has 4 rings (SSSR count). The van der Waals surface area contributed by atoms with Gasteiger partial charge in [0.05, 0.1) is 0 Å². The molecule has 0 spiro atoms. The Morgan fingerprint density at radius 1 is 0.875 bits per heavy atom. The molecule has 0 saturated carbocycles. The van der Waals surface area contributed by atoms with Gasteiger partial charge in [-0.1, -0.05) is 30.3 Å². The number of rotatable bonds is 2. The summed E-state index contributed by atoms with van der Waals surface area (Å²) in [6.45, 7) is 5.72. The Kier molecular flexibility index (Phi) is 3.69. The molecule has 0 aliphatic carbocycles. The van der Waals surface area contributed by atoms with Crippen LogP contribution in [0.1, 0.15) is 5.56 Å². The minimum Gasteiger partial charge on any atom is -0.383 e. The van der Waals surface area contributed by atoms with Crippen molar-refractivity contribution in [3.63, 3.8) is 0 Å². The van der Waals surface area contributed by atoms with Crippen molar-refractivity contribution >= 4 is 28.2 Å². The number of anilines is 3. The van der Waals surface area contributed by atoms with Crippen LogP contribution in [0.15, 0.2) is 48.7 Å². The molecule has 5 heteroatoms. The average molecular weight is 319 g/mol. The number of pyridine rings is 2. The van der Waals surface area contributed by atoms with Gasteiger partial charge >= 0.3 is 0 Å². The number of nitrogens with two attached hydrogens (primary N) is 1. The summed E-state index contributed by atoms with van der Waals surface area (Å²) in [6.07, 6.45) is 1.84. The molecule has 1 aliphatic rings. The second-order valence-electron chi connectivity index (χ2n) is 6.15. The van der Waals surface area contributed by atoms with E-state index in [1.807, 2.05) is 25.3 Å². The molecule has 3 heterocycles. The molecule has 24 heavy (non-hydrogen) atoms. The highest BCUT2D eigenvalue weighted by molar-refractivity contribution is 5.96. The van der Waals surface area contributed by atoms with E-state index >= 15 is 0 Å². The van der Waals surface area contributed by atoms with Crippen LogP contribution in [0, 0.1) is 6.92 Å². The van der Waals surface area contributed by atoms with E-state index in [2.05, 4.69) is 45.1 Å². The monoisotopic (exact) mass is 319 g/mol. The molecule has 0 unspecified atom stereocenters. The van der Waals surface area contributed by atoms with Crippen molar-refractivity contribution in [2.45, 2.75) is 6.92 Å². The zero-order valence-corrected chi connectivity index (χ0v) is 13.8. The molecule has 0 amide bonds. The third-order valence-electron chi connectivity index (χ3n) is 4.74. The summed E-state index contributed by atoms with van der Waals surface area (Å²) < 4.78 is 0. The number of nitrogens with zero attached hydrogens (tertiary/aromatic N) is 4. The first-order chi connectivity index (χ1) is 11.7. The van der Waals surface area contributed by atoms with Gasteiger partial charge in [0.2, 0.25) is 0 Å². The Bertz CT molecular complexity index is 854. The Morgan fingerprint density at radius 3 is 2.25 bits per heavy atom. The van der Waals surface area contributed by atoms with Crippen LogP contribution in [-0.4, -0.2) is 36.1 Å². The number of aromatic nitrogens is 2. The van der Waals surface area contributed by atoms with Gasteiger partial charge in [-0.25, -0.2) is 9.97 Å². The summed E-state index contributed by atoms with van der Waals surface area (Å²) >= 11 is 0. The van der Waals surface area contributed by atoms with E-state index in [0.29, 0.717) is 5.82 Å². The zero-order valence-electron chi connectivity index (χ0n) is 13.8. The fraction of sp³-hybridized carbons (Fsp3) is 0.263. The SMILES string of the molecule is Cc1c(N)nc(N2CCN(c3ccccn3)CC2)c2ccccc12. The number of hydrogen-bond donors (Lipinski definition) is 1. The first kappa shape index (κ1) is 14.8. The van der Waals surface area contributed by atoms with Crippen molar-refractivity contribution in [2.75, 3.05) is 41.7 Å². The molecule has 0 radical (unpaired) electrons. The lowest BCUT2D eigenvalue weighted by Gasteiger charge is -2.36. The minimum absolute atomic E-state index is 0.621. The average Bonchev–Trinajstić information content (AvgIpc) is 2.66. The Morgan fingerprint density at radius 2 is 1.54 bits per heavy atom. The van der Waals surface area contributed by atoms with Crippen LogP contribution in [0.3, 0.4) is 0 Å². The molecule has 3 aromatic rings. The fourth-order valence-corrected chi connectivity index (χ4v) is 3.33. The number of piperazine rings is 1. The Balaban J connectivity index is 1.62. The van der Waals surface area contributed by atoms with E-state index in [1.54, 1.807) is 0 Å². The quantitative estimate of drug-likeness (QED) is 0.787. The number of nitrogen functional groups attached to an aromatic ring is 1. The highest BCUT2D eigenvalue weighted by Gasteiger charge is 2.21. The van der Waals surface area contributed by atoms with Crippen LogP contribution in [0.5, 0.6) is 0 Å². The molecule has 1 fully saturated rings. The molecule has 1 saturated heterocycles. The van der Waals surface area contributed by atoms with Gasteiger partial charge in [0, 0.05) is 37.8 Å². The molecule has 0 atom stereocenters. The van der Waals surface area contributed by atoms with Gasteiger partial charge in [-0.2, -0.15) is 0 Å². The topological polar surface area (TPSA) is 58.3 Å². The van der Waals surface area contributed by atoms with Crippen molar-refractivity contribution < 1.29 is 0 Å². The third kappa shape index (κ3) is 2.52. The van der Waals surface area contributed by atoms with Gasteiger partial charge in [0.15, 0.2) is 0 Å². The lowest BCUT2D eigenvalue weighted by atomic mass is 10.1. The second-order valence-corrected chi connectivity index (χ2v) is 6.15. The first-order valence-electron chi connectivity index (χ1n) is 8.30. The molecule has 2 N–H and O–H groups in total.